The molecule has 184 valence electrons. The minimum absolute atomic E-state index is 0.0102. The maximum absolute atomic E-state index is 13.3. The second-order valence-electron chi connectivity index (χ2n) is 9.07. The summed E-state index contributed by atoms with van der Waals surface area (Å²) in [5.74, 6) is 0.611. The summed E-state index contributed by atoms with van der Waals surface area (Å²) in [4.78, 5) is 17.4. The molecule has 3 aromatic carbocycles. The van der Waals surface area contributed by atoms with E-state index in [0.717, 1.165) is 54.3 Å². The van der Waals surface area contributed by atoms with Crippen LogP contribution in [0.4, 0.5) is 10.1 Å². The number of furan rings is 1. The molecule has 2 heterocycles. The number of rotatable bonds is 8. The van der Waals surface area contributed by atoms with Gasteiger partial charge in [0.05, 0.1) is 18.7 Å². The van der Waals surface area contributed by atoms with Crippen molar-refractivity contribution in [2.24, 2.45) is 0 Å². The number of nitrogens with zero attached hydrogens (tertiary/aromatic N) is 2. The van der Waals surface area contributed by atoms with E-state index in [2.05, 4.69) is 39.4 Å². The second kappa shape index (κ2) is 11.2. The molecule has 0 spiro atoms. The van der Waals surface area contributed by atoms with E-state index < -0.39 is 0 Å². The highest BCUT2D eigenvalue weighted by Gasteiger charge is 2.27. The summed E-state index contributed by atoms with van der Waals surface area (Å²) in [6.07, 6.45) is 2.01. The molecule has 1 aliphatic rings. The lowest BCUT2D eigenvalue weighted by atomic mass is 10.0. The molecule has 36 heavy (non-hydrogen) atoms. The lowest BCUT2D eigenvalue weighted by Crippen LogP contribution is -2.50. The Kier molecular flexibility index (Phi) is 7.43. The van der Waals surface area contributed by atoms with Gasteiger partial charge in [0.1, 0.15) is 11.6 Å². The summed E-state index contributed by atoms with van der Waals surface area (Å²) in [5.41, 5.74) is 4.30. The fourth-order valence-corrected chi connectivity index (χ4v) is 4.74. The number of amides is 1. The highest BCUT2D eigenvalue weighted by molar-refractivity contribution is 5.79. The first kappa shape index (κ1) is 23.8. The van der Waals surface area contributed by atoms with Crippen molar-refractivity contribution < 1.29 is 13.6 Å². The fraction of sp³-hybridized carbons (Fsp3) is 0.233. The van der Waals surface area contributed by atoms with E-state index in [4.69, 9.17) is 4.42 Å². The van der Waals surface area contributed by atoms with E-state index in [0.29, 0.717) is 13.0 Å². The van der Waals surface area contributed by atoms with E-state index >= 15 is 0 Å². The number of nitrogens with one attached hydrogen (secondary N) is 1. The molecule has 1 fully saturated rings. The van der Waals surface area contributed by atoms with Gasteiger partial charge < -0.3 is 14.6 Å². The van der Waals surface area contributed by atoms with E-state index in [1.165, 1.54) is 12.1 Å². The van der Waals surface area contributed by atoms with Crippen LogP contribution in [0.3, 0.4) is 0 Å². The van der Waals surface area contributed by atoms with E-state index in [9.17, 15) is 9.18 Å². The van der Waals surface area contributed by atoms with Gasteiger partial charge in [0, 0.05) is 38.4 Å². The Morgan fingerprint density at radius 3 is 2.19 bits per heavy atom. The lowest BCUT2D eigenvalue weighted by molar-refractivity contribution is -0.120. The minimum Gasteiger partial charge on any atom is -0.468 e. The van der Waals surface area contributed by atoms with Crippen LogP contribution in [-0.4, -0.2) is 43.5 Å². The molecule has 0 saturated carbocycles. The third kappa shape index (κ3) is 5.83. The fourth-order valence-electron chi connectivity index (χ4n) is 4.74. The van der Waals surface area contributed by atoms with Crippen molar-refractivity contribution in [3.8, 4) is 11.1 Å². The summed E-state index contributed by atoms with van der Waals surface area (Å²) in [6.45, 7) is 3.76. The van der Waals surface area contributed by atoms with Gasteiger partial charge in [-0.25, -0.2) is 4.39 Å². The van der Waals surface area contributed by atoms with Gasteiger partial charge in [-0.15, -0.1) is 0 Å². The topological polar surface area (TPSA) is 48.7 Å². The molecule has 1 aliphatic heterocycles. The third-order valence-corrected chi connectivity index (χ3v) is 6.74. The largest absolute Gasteiger partial charge is 0.468 e. The molecule has 5 rings (SSSR count). The molecule has 0 bridgehead atoms. The number of piperazine rings is 1. The Morgan fingerprint density at radius 2 is 1.53 bits per heavy atom. The number of benzene rings is 3. The zero-order chi connectivity index (χ0) is 24.7. The van der Waals surface area contributed by atoms with Crippen molar-refractivity contribution in [1.29, 1.82) is 0 Å². The van der Waals surface area contributed by atoms with Gasteiger partial charge in [-0.1, -0.05) is 54.6 Å². The molecule has 4 aromatic rings. The maximum atomic E-state index is 13.3. The van der Waals surface area contributed by atoms with E-state index in [1.807, 2.05) is 54.6 Å². The van der Waals surface area contributed by atoms with Crippen LogP contribution in [0.2, 0.25) is 0 Å². The van der Waals surface area contributed by atoms with E-state index in [1.54, 1.807) is 6.26 Å². The molecule has 5 nitrogen and oxygen atoms in total. The van der Waals surface area contributed by atoms with Crippen LogP contribution in [0.15, 0.2) is 102 Å². The summed E-state index contributed by atoms with van der Waals surface area (Å²) >= 11 is 0. The van der Waals surface area contributed by atoms with Crippen LogP contribution >= 0.6 is 0 Å². The Hall–Kier alpha value is -3.90. The number of hydrogen-bond donors (Lipinski definition) is 1. The van der Waals surface area contributed by atoms with Gasteiger partial charge in [-0.3, -0.25) is 9.69 Å². The number of anilines is 1. The van der Waals surface area contributed by atoms with Crippen LogP contribution < -0.4 is 10.2 Å². The van der Waals surface area contributed by atoms with Crippen molar-refractivity contribution in [3.63, 3.8) is 0 Å². The molecule has 1 amide bonds. The molecule has 0 aliphatic carbocycles. The quantitative estimate of drug-likeness (QED) is 0.369. The second-order valence-corrected chi connectivity index (χ2v) is 9.07. The van der Waals surface area contributed by atoms with Crippen molar-refractivity contribution in [2.75, 3.05) is 37.6 Å². The monoisotopic (exact) mass is 483 g/mol. The highest BCUT2D eigenvalue weighted by Crippen LogP contribution is 2.25. The maximum Gasteiger partial charge on any atom is 0.224 e. The standard InChI is InChI=1S/C30H30FN3O2/c31-26-12-14-27(15-13-26)33-16-18-34(19-17-33)28(29-7-4-20-36-29)22-32-30(35)21-23-8-10-25(11-9-23)24-5-2-1-3-6-24/h1-15,20,28H,16-19,21-22H2,(H,32,35). The molecule has 1 aromatic heterocycles. The summed E-state index contributed by atoms with van der Waals surface area (Å²) in [7, 11) is 0. The summed E-state index contributed by atoms with van der Waals surface area (Å²) in [6, 6.07) is 28.8. The molecule has 1 unspecified atom stereocenters. The predicted octanol–water partition coefficient (Wildman–Crippen LogP) is 5.31. The lowest BCUT2D eigenvalue weighted by Gasteiger charge is -2.39. The van der Waals surface area contributed by atoms with Crippen LogP contribution in [0.5, 0.6) is 0 Å². The number of halogens is 1. The molecule has 6 heteroatoms. The highest BCUT2D eigenvalue weighted by atomic mass is 19.1. The minimum atomic E-state index is -0.224. The first-order valence-electron chi connectivity index (χ1n) is 12.3. The molecular formula is C30H30FN3O2. The number of carbonyl (C=O) groups excluding carboxylic acids is 1. The Balaban J connectivity index is 1.17. The third-order valence-electron chi connectivity index (χ3n) is 6.74. The average Bonchev–Trinajstić information content (AvgIpc) is 3.45. The van der Waals surface area contributed by atoms with Crippen LogP contribution in [0.25, 0.3) is 11.1 Å². The van der Waals surface area contributed by atoms with Gasteiger partial charge in [-0.2, -0.15) is 0 Å². The van der Waals surface area contributed by atoms with Gasteiger partial charge in [0.15, 0.2) is 0 Å². The van der Waals surface area contributed by atoms with Crippen LogP contribution in [-0.2, 0) is 11.2 Å². The van der Waals surface area contributed by atoms with Crippen molar-refractivity contribution in [2.45, 2.75) is 12.5 Å². The molecular weight excluding hydrogens is 453 g/mol. The number of carbonyl (C=O) groups is 1. The van der Waals surface area contributed by atoms with Crippen LogP contribution in [0, 0.1) is 5.82 Å². The van der Waals surface area contributed by atoms with Gasteiger partial charge >= 0.3 is 0 Å². The normalized spacial score (nSPS) is 15.0. The summed E-state index contributed by atoms with van der Waals surface area (Å²) in [5, 5.41) is 3.12. The first-order chi connectivity index (χ1) is 17.7. The van der Waals surface area contributed by atoms with Crippen LogP contribution in [0.1, 0.15) is 17.4 Å². The zero-order valence-corrected chi connectivity index (χ0v) is 20.1. The molecule has 1 N–H and O–H groups in total. The van der Waals surface area contributed by atoms with Gasteiger partial charge in [0.25, 0.3) is 0 Å². The van der Waals surface area contributed by atoms with Gasteiger partial charge in [-0.05, 0) is 53.1 Å². The first-order valence-corrected chi connectivity index (χ1v) is 12.3. The smallest absolute Gasteiger partial charge is 0.224 e. The summed E-state index contributed by atoms with van der Waals surface area (Å²) < 4.78 is 19.0. The Bertz CT molecular complexity index is 1230. The Morgan fingerprint density at radius 1 is 0.833 bits per heavy atom. The van der Waals surface area contributed by atoms with Crippen molar-refractivity contribution >= 4 is 11.6 Å². The molecule has 1 saturated heterocycles. The molecule has 1 atom stereocenters. The zero-order valence-electron chi connectivity index (χ0n) is 20.1. The average molecular weight is 484 g/mol. The number of hydrogen-bond acceptors (Lipinski definition) is 4. The predicted molar refractivity (Wildman–Crippen MR) is 140 cm³/mol. The van der Waals surface area contributed by atoms with E-state index in [-0.39, 0.29) is 17.8 Å². The SMILES string of the molecule is O=C(Cc1ccc(-c2ccccc2)cc1)NCC(c1ccco1)N1CCN(c2ccc(F)cc2)CC1. The van der Waals surface area contributed by atoms with Crippen molar-refractivity contribution in [1.82, 2.24) is 10.2 Å². The Labute approximate surface area is 211 Å². The van der Waals surface area contributed by atoms with Gasteiger partial charge in [0.2, 0.25) is 5.91 Å². The van der Waals surface area contributed by atoms with Crippen molar-refractivity contribution in [3.05, 3.63) is 114 Å². The molecule has 0 radical (unpaired) electrons.